The first-order chi connectivity index (χ1) is 10.9. The molecule has 0 unspecified atom stereocenters. The lowest BCUT2D eigenvalue weighted by molar-refractivity contribution is -0.112. The number of anilines is 1. The molecule has 0 radical (unpaired) electrons. The van der Waals surface area contributed by atoms with E-state index in [0.717, 1.165) is 23.3 Å². The minimum atomic E-state index is -1.04. The van der Waals surface area contributed by atoms with Crippen molar-refractivity contribution in [3.63, 3.8) is 0 Å². The monoisotopic (exact) mass is 312 g/mol. The van der Waals surface area contributed by atoms with Crippen LogP contribution in [0.15, 0.2) is 42.0 Å². The molecule has 3 nitrogen and oxygen atoms in total. The van der Waals surface area contributed by atoms with Crippen LogP contribution in [0, 0.1) is 36.8 Å². The highest BCUT2D eigenvalue weighted by molar-refractivity contribution is 6.09. The topological polar surface area (TPSA) is 52.9 Å². The van der Waals surface area contributed by atoms with E-state index in [1.54, 1.807) is 18.2 Å². The molecule has 116 valence electrons. The fourth-order valence-electron chi connectivity index (χ4n) is 1.94. The summed E-state index contributed by atoms with van der Waals surface area (Å²) >= 11 is 0. The predicted octanol–water partition coefficient (Wildman–Crippen LogP) is 4.13. The molecule has 1 amide bonds. The van der Waals surface area contributed by atoms with Crippen LogP contribution in [0.25, 0.3) is 6.08 Å². The number of hydrogen-bond acceptors (Lipinski definition) is 2. The molecule has 0 aliphatic carbocycles. The van der Waals surface area contributed by atoms with E-state index < -0.39 is 17.5 Å². The highest BCUT2D eigenvalue weighted by Crippen LogP contribution is 2.16. The van der Waals surface area contributed by atoms with E-state index in [4.69, 9.17) is 5.26 Å². The van der Waals surface area contributed by atoms with Crippen molar-refractivity contribution < 1.29 is 13.6 Å². The summed E-state index contributed by atoms with van der Waals surface area (Å²) < 4.78 is 26.1. The molecular formula is C18H14F2N2O. The SMILES string of the molecule is Cc1ccc(NC(=O)/C(C#N)=C/c2ccc(F)c(F)c2)cc1C. The summed E-state index contributed by atoms with van der Waals surface area (Å²) in [4.78, 5) is 12.1. The van der Waals surface area contributed by atoms with Crippen LogP contribution in [-0.4, -0.2) is 5.91 Å². The van der Waals surface area contributed by atoms with Gasteiger partial charge in [-0.05, 0) is 60.9 Å². The second-order valence-corrected chi connectivity index (χ2v) is 5.10. The summed E-state index contributed by atoms with van der Waals surface area (Å²) in [6, 6.07) is 10.3. The Labute approximate surface area is 132 Å². The van der Waals surface area contributed by atoms with E-state index in [-0.39, 0.29) is 11.1 Å². The van der Waals surface area contributed by atoms with Crippen molar-refractivity contribution >= 4 is 17.7 Å². The van der Waals surface area contributed by atoms with Gasteiger partial charge in [0.05, 0.1) is 0 Å². The zero-order valence-corrected chi connectivity index (χ0v) is 12.7. The van der Waals surface area contributed by atoms with Crippen LogP contribution in [0.4, 0.5) is 14.5 Å². The molecule has 2 aromatic rings. The fourth-order valence-corrected chi connectivity index (χ4v) is 1.94. The first-order valence-corrected chi connectivity index (χ1v) is 6.86. The quantitative estimate of drug-likeness (QED) is 0.684. The Balaban J connectivity index is 2.24. The molecule has 0 aromatic heterocycles. The van der Waals surface area contributed by atoms with Gasteiger partial charge in [0.2, 0.25) is 0 Å². The normalized spacial score (nSPS) is 11.0. The van der Waals surface area contributed by atoms with Crippen LogP contribution >= 0.6 is 0 Å². The minimum absolute atomic E-state index is 0.200. The van der Waals surface area contributed by atoms with Gasteiger partial charge < -0.3 is 5.32 Å². The lowest BCUT2D eigenvalue weighted by atomic mass is 10.1. The van der Waals surface area contributed by atoms with Crippen molar-refractivity contribution in [1.29, 1.82) is 5.26 Å². The molecule has 0 bridgehead atoms. The number of carbonyl (C=O) groups is 1. The van der Waals surface area contributed by atoms with Gasteiger partial charge in [-0.3, -0.25) is 4.79 Å². The standard InChI is InChI=1S/C18H14F2N2O/c1-11-3-5-15(7-12(11)2)22-18(23)14(10-21)8-13-4-6-16(19)17(20)9-13/h3-9H,1-2H3,(H,22,23)/b14-8+. The number of amides is 1. The van der Waals surface area contributed by atoms with Crippen LogP contribution in [0.5, 0.6) is 0 Å². The molecule has 23 heavy (non-hydrogen) atoms. The van der Waals surface area contributed by atoms with E-state index in [1.807, 2.05) is 19.9 Å². The van der Waals surface area contributed by atoms with E-state index >= 15 is 0 Å². The van der Waals surface area contributed by atoms with Gasteiger partial charge >= 0.3 is 0 Å². The maximum absolute atomic E-state index is 13.2. The van der Waals surface area contributed by atoms with Gasteiger partial charge in [0.1, 0.15) is 11.6 Å². The average molecular weight is 312 g/mol. The van der Waals surface area contributed by atoms with Gasteiger partial charge in [-0.2, -0.15) is 5.26 Å². The number of benzene rings is 2. The molecule has 0 saturated carbocycles. The fraction of sp³-hybridized carbons (Fsp3) is 0.111. The molecule has 2 rings (SSSR count). The second kappa shape index (κ2) is 6.84. The van der Waals surface area contributed by atoms with Crippen LogP contribution in [0.2, 0.25) is 0 Å². The Morgan fingerprint density at radius 3 is 2.43 bits per heavy atom. The van der Waals surface area contributed by atoms with Gasteiger partial charge in [-0.1, -0.05) is 12.1 Å². The molecule has 1 N–H and O–H groups in total. The van der Waals surface area contributed by atoms with E-state index in [0.29, 0.717) is 5.69 Å². The zero-order valence-electron chi connectivity index (χ0n) is 12.7. The maximum atomic E-state index is 13.2. The Hall–Kier alpha value is -3.00. The summed E-state index contributed by atoms with van der Waals surface area (Å²) in [5, 5.41) is 11.7. The molecule has 2 aromatic carbocycles. The van der Waals surface area contributed by atoms with Crippen molar-refractivity contribution in [3.05, 3.63) is 70.3 Å². The predicted molar refractivity (Wildman–Crippen MR) is 84.5 cm³/mol. The van der Waals surface area contributed by atoms with Gasteiger partial charge in [0, 0.05) is 5.69 Å². The van der Waals surface area contributed by atoms with Crippen molar-refractivity contribution in [3.8, 4) is 6.07 Å². The smallest absolute Gasteiger partial charge is 0.266 e. The highest BCUT2D eigenvalue weighted by Gasteiger charge is 2.11. The Kier molecular flexibility index (Phi) is 4.87. The minimum Gasteiger partial charge on any atom is -0.321 e. The van der Waals surface area contributed by atoms with Crippen LogP contribution in [0.3, 0.4) is 0 Å². The third-order valence-corrected chi connectivity index (χ3v) is 3.38. The zero-order chi connectivity index (χ0) is 17.0. The second-order valence-electron chi connectivity index (χ2n) is 5.10. The number of carbonyl (C=O) groups excluding carboxylic acids is 1. The number of halogens is 2. The first-order valence-electron chi connectivity index (χ1n) is 6.86. The third kappa shape index (κ3) is 4.01. The van der Waals surface area contributed by atoms with Gasteiger partial charge in [0.25, 0.3) is 5.91 Å². The molecule has 0 aliphatic heterocycles. The van der Waals surface area contributed by atoms with E-state index in [2.05, 4.69) is 5.32 Å². The Bertz CT molecular complexity index is 835. The Morgan fingerprint density at radius 1 is 1.09 bits per heavy atom. The highest BCUT2D eigenvalue weighted by atomic mass is 19.2. The third-order valence-electron chi connectivity index (χ3n) is 3.38. The summed E-state index contributed by atoms with van der Waals surface area (Å²) in [7, 11) is 0. The number of nitrogens with one attached hydrogen (secondary N) is 1. The summed E-state index contributed by atoms with van der Waals surface area (Å²) in [5.41, 5.74) is 2.68. The molecule has 0 heterocycles. The molecule has 5 heteroatoms. The summed E-state index contributed by atoms with van der Waals surface area (Å²) in [6.45, 7) is 3.86. The largest absolute Gasteiger partial charge is 0.321 e. The van der Waals surface area contributed by atoms with Crippen LogP contribution in [0.1, 0.15) is 16.7 Å². The average Bonchev–Trinajstić information content (AvgIpc) is 2.52. The first kappa shape index (κ1) is 16.4. The maximum Gasteiger partial charge on any atom is 0.266 e. The lowest BCUT2D eigenvalue weighted by Crippen LogP contribution is -2.13. The molecule has 0 atom stereocenters. The molecule has 0 saturated heterocycles. The molecular weight excluding hydrogens is 298 g/mol. The Morgan fingerprint density at radius 2 is 1.83 bits per heavy atom. The van der Waals surface area contributed by atoms with Gasteiger partial charge in [-0.15, -0.1) is 0 Å². The van der Waals surface area contributed by atoms with E-state index in [9.17, 15) is 13.6 Å². The number of rotatable bonds is 3. The van der Waals surface area contributed by atoms with Crippen molar-refractivity contribution in [2.75, 3.05) is 5.32 Å². The molecule has 0 aliphatic rings. The molecule has 0 fully saturated rings. The summed E-state index contributed by atoms with van der Waals surface area (Å²) in [5.74, 6) is -2.63. The number of hydrogen-bond donors (Lipinski definition) is 1. The van der Waals surface area contributed by atoms with Gasteiger partial charge in [0.15, 0.2) is 11.6 Å². The molecule has 0 spiro atoms. The van der Waals surface area contributed by atoms with Crippen molar-refractivity contribution in [1.82, 2.24) is 0 Å². The van der Waals surface area contributed by atoms with Gasteiger partial charge in [-0.25, -0.2) is 8.78 Å². The van der Waals surface area contributed by atoms with Crippen molar-refractivity contribution in [2.24, 2.45) is 0 Å². The lowest BCUT2D eigenvalue weighted by Gasteiger charge is -2.07. The van der Waals surface area contributed by atoms with Crippen LogP contribution in [-0.2, 0) is 4.79 Å². The van der Waals surface area contributed by atoms with E-state index in [1.165, 1.54) is 12.1 Å². The number of nitrogens with zero attached hydrogens (tertiary/aromatic N) is 1. The van der Waals surface area contributed by atoms with Crippen molar-refractivity contribution in [2.45, 2.75) is 13.8 Å². The number of nitriles is 1. The van der Waals surface area contributed by atoms with Crippen LogP contribution < -0.4 is 5.32 Å². The number of aryl methyl sites for hydroxylation is 2. The summed E-state index contributed by atoms with van der Waals surface area (Å²) in [6.07, 6.45) is 1.21.